The van der Waals surface area contributed by atoms with E-state index in [2.05, 4.69) is 0 Å². The van der Waals surface area contributed by atoms with Crippen molar-refractivity contribution in [2.75, 3.05) is 7.05 Å². The van der Waals surface area contributed by atoms with Gasteiger partial charge in [-0.15, -0.1) is 0 Å². The molecule has 0 aromatic heterocycles. The summed E-state index contributed by atoms with van der Waals surface area (Å²) in [6.45, 7) is 3.74. The zero-order valence-corrected chi connectivity index (χ0v) is 13.2. The van der Waals surface area contributed by atoms with Gasteiger partial charge < -0.3 is 0 Å². The van der Waals surface area contributed by atoms with E-state index in [-0.39, 0.29) is 12.1 Å². The first-order valence-electron chi connectivity index (χ1n) is 7.34. The molecule has 0 aliphatic rings. The van der Waals surface area contributed by atoms with Gasteiger partial charge in [-0.3, -0.25) is 4.90 Å². The van der Waals surface area contributed by atoms with Gasteiger partial charge in [0, 0.05) is 12.1 Å². The minimum atomic E-state index is -4.56. The van der Waals surface area contributed by atoms with Crippen LogP contribution in [0.15, 0.2) is 48.5 Å². The lowest BCUT2D eigenvalue weighted by molar-refractivity contribution is -0.137. The lowest BCUT2D eigenvalue weighted by Gasteiger charge is -2.31. The van der Waals surface area contributed by atoms with Crippen LogP contribution < -0.4 is 0 Å². The van der Waals surface area contributed by atoms with Crippen LogP contribution >= 0.6 is 0 Å². The molecule has 1 nitrogen and oxygen atoms in total. The highest BCUT2D eigenvalue weighted by Gasteiger charge is 2.32. The van der Waals surface area contributed by atoms with Crippen molar-refractivity contribution < 1.29 is 17.6 Å². The molecule has 23 heavy (non-hydrogen) atoms. The standard InChI is InChI=1S/C18H19F4N/c1-12(14-7-5-4-6-8-14)23(3)13(2)15-9-16(18(20,21)22)11-17(19)10-15/h4-13H,1-3H3/t12?,13-/m0/s1. The largest absolute Gasteiger partial charge is 0.416 e. The van der Waals surface area contributed by atoms with Crippen LogP contribution in [0.25, 0.3) is 0 Å². The first-order valence-corrected chi connectivity index (χ1v) is 7.34. The second kappa shape index (κ2) is 6.71. The van der Waals surface area contributed by atoms with Gasteiger partial charge in [-0.2, -0.15) is 13.2 Å². The molecule has 0 radical (unpaired) electrons. The Balaban J connectivity index is 2.29. The van der Waals surface area contributed by atoms with Crippen LogP contribution in [0.2, 0.25) is 0 Å². The topological polar surface area (TPSA) is 3.24 Å². The third-order valence-electron chi connectivity index (χ3n) is 4.23. The highest BCUT2D eigenvalue weighted by atomic mass is 19.4. The number of hydrogen-bond donors (Lipinski definition) is 0. The molecular weight excluding hydrogens is 306 g/mol. The molecule has 0 aliphatic carbocycles. The molecule has 0 amide bonds. The monoisotopic (exact) mass is 325 g/mol. The van der Waals surface area contributed by atoms with E-state index in [1.54, 1.807) is 6.92 Å². The molecule has 0 heterocycles. The fourth-order valence-corrected chi connectivity index (χ4v) is 2.55. The number of alkyl halides is 3. The van der Waals surface area contributed by atoms with Crippen LogP contribution in [0.4, 0.5) is 17.6 Å². The van der Waals surface area contributed by atoms with E-state index in [9.17, 15) is 17.6 Å². The van der Waals surface area contributed by atoms with Crippen molar-refractivity contribution in [3.8, 4) is 0 Å². The van der Waals surface area contributed by atoms with Gasteiger partial charge in [-0.1, -0.05) is 30.3 Å². The summed E-state index contributed by atoms with van der Waals surface area (Å²) in [7, 11) is 1.82. The number of halogens is 4. The molecule has 0 fully saturated rings. The molecule has 5 heteroatoms. The van der Waals surface area contributed by atoms with E-state index in [0.717, 1.165) is 17.7 Å². The normalized spacial score (nSPS) is 14.8. The fourth-order valence-electron chi connectivity index (χ4n) is 2.55. The summed E-state index contributed by atoms with van der Waals surface area (Å²) in [5, 5.41) is 0. The molecule has 2 atom stereocenters. The van der Waals surface area contributed by atoms with Crippen LogP contribution in [0.3, 0.4) is 0 Å². The van der Waals surface area contributed by atoms with Gasteiger partial charge in [0.1, 0.15) is 5.82 Å². The van der Waals surface area contributed by atoms with Crippen LogP contribution in [-0.4, -0.2) is 11.9 Å². The molecule has 0 saturated carbocycles. The van der Waals surface area contributed by atoms with Gasteiger partial charge in [0.25, 0.3) is 0 Å². The summed E-state index contributed by atoms with van der Waals surface area (Å²) in [6, 6.07) is 12.0. The number of benzene rings is 2. The highest BCUT2D eigenvalue weighted by molar-refractivity contribution is 5.29. The van der Waals surface area contributed by atoms with Crippen molar-refractivity contribution in [3.05, 3.63) is 71.0 Å². The Morgan fingerprint density at radius 1 is 0.870 bits per heavy atom. The quantitative estimate of drug-likeness (QED) is 0.662. The molecule has 0 spiro atoms. The molecule has 0 saturated heterocycles. The van der Waals surface area contributed by atoms with Crippen LogP contribution in [-0.2, 0) is 6.18 Å². The van der Waals surface area contributed by atoms with E-state index < -0.39 is 17.6 Å². The Kier molecular flexibility index (Phi) is 5.09. The Hall–Kier alpha value is -1.88. The zero-order chi connectivity index (χ0) is 17.2. The lowest BCUT2D eigenvalue weighted by atomic mass is 10.00. The van der Waals surface area contributed by atoms with Crippen molar-refractivity contribution in [1.82, 2.24) is 4.90 Å². The van der Waals surface area contributed by atoms with Crippen molar-refractivity contribution in [2.24, 2.45) is 0 Å². The average Bonchev–Trinajstić information content (AvgIpc) is 2.52. The second-order valence-electron chi connectivity index (χ2n) is 5.70. The van der Waals surface area contributed by atoms with Crippen LogP contribution in [0, 0.1) is 5.82 Å². The van der Waals surface area contributed by atoms with Crippen molar-refractivity contribution in [3.63, 3.8) is 0 Å². The van der Waals surface area contributed by atoms with Gasteiger partial charge in [0.2, 0.25) is 0 Å². The fraction of sp³-hybridized carbons (Fsp3) is 0.333. The predicted octanol–water partition coefficient (Wildman–Crippen LogP) is 5.60. The van der Waals surface area contributed by atoms with E-state index in [4.69, 9.17) is 0 Å². The molecule has 0 aliphatic heterocycles. The second-order valence-corrected chi connectivity index (χ2v) is 5.70. The summed E-state index contributed by atoms with van der Waals surface area (Å²) < 4.78 is 52.2. The summed E-state index contributed by atoms with van der Waals surface area (Å²) in [5.74, 6) is -0.873. The first kappa shape index (κ1) is 17.5. The Bertz CT molecular complexity index is 652. The Morgan fingerprint density at radius 2 is 1.43 bits per heavy atom. The van der Waals surface area contributed by atoms with Crippen LogP contribution in [0.5, 0.6) is 0 Å². The van der Waals surface area contributed by atoms with Crippen molar-refractivity contribution in [2.45, 2.75) is 32.1 Å². The minimum Gasteiger partial charge on any atom is -0.293 e. The Morgan fingerprint density at radius 3 is 2.00 bits per heavy atom. The molecule has 0 N–H and O–H groups in total. The summed E-state index contributed by atoms with van der Waals surface area (Å²) in [4.78, 5) is 1.92. The maximum atomic E-state index is 13.6. The van der Waals surface area contributed by atoms with Crippen molar-refractivity contribution >= 4 is 0 Å². The van der Waals surface area contributed by atoms with Crippen LogP contribution in [0.1, 0.15) is 42.6 Å². The molecule has 1 unspecified atom stereocenters. The molecule has 2 aromatic rings. The third-order valence-corrected chi connectivity index (χ3v) is 4.23. The lowest BCUT2D eigenvalue weighted by Crippen LogP contribution is -2.26. The third kappa shape index (κ3) is 4.10. The molecule has 124 valence electrons. The van der Waals surface area contributed by atoms with E-state index in [0.29, 0.717) is 11.6 Å². The van der Waals surface area contributed by atoms with Gasteiger partial charge in [-0.05, 0) is 50.2 Å². The maximum absolute atomic E-state index is 13.6. The van der Waals surface area contributed by atoms with Gasteiger partial charge in [0.15, 0.2) is 0 Å². The van der Waals surface area contributed by atoms with Gasteiger partial charge >= 0.3 is 6.18 Å². The van der Waals surface area contributed by atoms with E-state index in [1.807, 2.05) is 49.2 Å². The Labute approximate surface area is 133 Å². The first-order chi connectivity index (χ1) is 10.7. The van der Waals surface area contributed by atoms with Gasteiger partial charge in [-0.25, -0.2) is 4.39 Å². The number of nitrogens with zero attached hydrogens (tertiary/aromatic N) is 1. The van der Waals surface area contributed by atoms with Crippen molar-refractivity contribution in [1.29, 1.82) is 0 Å². The van der Waals surface area contributed by atoms with Gasteiger partial charge in [0.05, 0.1) is 5.56 Å². The maximum Gasteiger partial charge on any atom is 0.416 e. The molecule has 2 aromatic carbocycles. The average molecular weight is 325 g/mol. The van der Waals surface area contributed by atoms with E-state index in [1.165, 1.54) is 0 Å². The molecular formula is C18H19F4N. The molecule has 2 rings (SSSR count). The summed E-state index contributed by atoms with van der Waals surface area (Å²) >= 11 is 0. The minimum absolute atomic E-state index is 0.0104. The summed E-state index contributed by atoms with van der Waals surface area (Å²) in [5.41, 5.74) is 0.400. The van der Waals surface area contributed by atoms with E-state index >= 15 is 0 Å². The number of hydrogen-bond acceptors (Lipinski definition) is 1. The zero-order valence-electron chi connectivity index (χ0n) is 13.2. The molecule has 0 bridgehead atoms. The highest BCUT2D eigenvalue weighted by Crippen LogP contribution is 2.34. The smallest absolute Gasteiger partial charge is 0.293 e. The predicted molar refractivity (Wildman–Crippen MR) is 82.4 cm³/mol. The number of rotatable bonds is 4. The summed E-state index contributed by atoms with van der Waals surface area (Å²) in [6.07, 6.45) is -4.56. The SMILES string of the molecule is CC(c1ccccc1)N(C)[C@@H](C)c1cc(F)cc(C(F)(F)F)c1.